The normalized spacial score (nSPS) is 20.1. The highest BCUT2D eigenvalue weighted by Crippen LogP contribution is 2.18. The van der Waals surface area contributed by atoms with E-state index < -0.39 is 5.82 Å². The Hall–Kier alpha value is -1.42. The summed E-state index contributed by atoms with van der Waals surface area (Å²) in [6, 6.07) is 6.65. The van der Waals surface area contributed by atoms with E-state index in [0.717, 1.165) is 19.5 Å². The predicted molar refractivity (Wildman–Crippen MR) is 78.2 cm³/mol. The average Bonchev–Trinajstić information content (AvgIpc) is 2.45. The summed E-state index contributed by atoms with van der Waals surface area (Å²) in [6.07, 6.45) is 2.29. The third kappa shape index (κ3) is 3.79. The van der Waals surface area contributed by atoms with Gasteiger partial charge in [0.25, 0.3) is 5.91 Å². The molecule has 0 spiro atoms. The van der Waals surface area contributed by atoms with Crippen molar-refractivity contribution in [2.45, 2.75) is 32.7 Å². The van der Waals surface area contributed by atoms with Gasteiger partial charge in [-0.3, -0.25) is 4.79 Å². The maximum Gasteiger partial charge on any atom is 0.254 e. The number of hydrogen-bond acceptors (Lipinski definition) is 2. The van der Waals surface area contributed by atoms with E-state index in [-0.39, 0.29) is 11.5 Å². The van der Waals surface area contributed by atoms with Gasteiger partial charge in [-0.15, -0.1) is 0 Å². The number of nitrogens with one attached hydrogen (secondary N) is 1. The lowest BCUT2D eigenvalue weighted by Crippen LogP contribution is -2.43. The van der Waals surface area contributed by atoms with Gasteiger partial charge in [0.2, 0.25) is 0 Å². The highest BCUT2D eigenvalue weighted by Gasteiger charge is 2.22. The Kier molecular flexibility index (Phi) is 5.12. The average molecular weight is 278 g/mol. The topological polar surface area (TPSA) is 32.3 Å². The lowest BCUT2D eigenvalue weighted by Gasteiger charge is -2.35. The molecule has 20 heavy (non-hydrogen) atoms. The van der Waals surface area contributed by atoms with Crippen molar-refractivity contribution in [1.29, 1.82) is 0 Å². The van der Waals surface area contributed by atoms with Crippen LogP contribution in [0.4, 0.5) is 4.39 Å². The largest absolute Gasteiger partial charge is 0.352 e. The van der Waals surface area contributed by atoms with Crippen molar-refractivity contribution < 1.29 is 9.18 Å². The number of hydrogen-bond donors (Lipinski definition) is 1. The van der Waals surface area contributed by atoms with Gasteiger partial charge in [0.15, 0.2) is 0 Å². The van der Waals surface area contributed by atoms with Gasteiger partial charge < -0.3 is 10.2 Å². The molecule has 0 saturated carbocycles. The van der Waals surface area contributed by atoms with Crippen LogP contribution in [0, 0.1) is 11.7 Å². The van der Waals surface area contributed by atoms with Gasteiger partial charge in [-0.1, -0.05) is 12.1 Å². The Morgan fingerprint density at radius 2 is 2.20 bits per heavy atom. The summed E-state index contributed by atoms with van der Waals surface area (Å²) in [5, 5.41) is 2.86. The molecule has 2 rings (SSSR count). The van der Waals surface area contributed by atoms with Crippen LogP contribution < -0.4 is 5.32 Å². The van der Waals surface area contributed by atoms with E-state index in [0.29, 0.717) is 18.5 Å². The van der Waals surface area contributed by atoms with Crippen LogP contribution in [0.3, 0.4) is 0 Å². The molecule has 1 saturated heterocycles. The first kappa shape index (κ1) is 15.0. The van der Waals surface area contributed by atoms with Crippen LogP contribution in [0.2, 0.25) is 0 Å². The van der Waals surface area contributed by atoms with E-state index in [1.165, 1.54) is 18.6 Å². The number of amides is 1. The molecule has 1 unspecified atom stereocenters. The molecule has 1 aliphatic heterocycles. The minimum absolute atomic E-state index is 0.129. The van der Waals surface area contributed by atoms with Crippen LogP contribution >= 0.6 is 0 Å². The van der Waals surface area contributed by atoms with Crippen LogP contribution in [0.15, 0.2) is 24.3 Å². The Morgan fingerprint density at radius 1 is 1.45 bits per heavy atom. The molecular formula is C16H23FN2O. The zero-order chi connectivity index (χ0) is 14.5. The molecule has 0 bridgehead atoms. The van der Waals surface area contributed by atoms with Crippen molar-refractivity contribution >= 4 is 5.91 Å². The number of nitrogens with zero attached hydrogens (tertiary/aromatic N) is 1. The van der Waals surface area contributed by atoms with Crippen LogP contribution in [-0.2, 0) is 0 Å². The predicted octanol–water partition coefficient (Wildman–Crippen LogP) is 2.68. The number of likely N-dealkylation sites (tertiary alicyclic amines) is 1. The van der Waals surface area contributed by atoms with Crippen molar-refractivity contribution in [3.8, 4) is 0 Å². The Labute approximate surface area is 120 Å². The van der Waals surface area contributed by atoms with Gasteiger partial charge in [-0.05, 0) is 51.3 Å². The maximum atomic E-state index is 13.5. The number of piperidine rings is 1. The van der Waals surface area contributed by atoms with Gasteiger partial charge in [0.05, 0.1) is 5.56 Å². The van der Waals surface area contributed by atoms with Crippen molar-refractivity contribution in [3.05, 3.63) is 35.6 Å². The van der Waals surface area contributed by atoms with E-state index in [4.69, 9.17) is 0 Å². The molecule has 4 heteroatoms. The molecule has 1 aliphatic rings. The van der Waals surface area contributed by atoms with Gasteiger partial charge in [0, 0.05) is 19.1 Å². The standard InChI is InChI=1S/C16H23FN2O/c1-12(2)19-9-5-6-13(11-19)10-18-16(20)14-7-3-4-8-15(14)17/h3-4,7-8,12-13H,5-6,9-11H2,1-2H3,(H,18,20). The van der Waals surface area contributed by atoms with Gasteiger partial charge >= 0.3 is 0 Å². The molecule has 1 aromatic rings. The zero-order valence-corrected chi connectivity index (χ0v) is 12.2. The first-order valence-electron chi connectivity index (χ1n) is 7.34. The van der Waals surface area contributed by atoms with Crippen molar-refractivity contribution in [2.75, 3.05) is 19.6 Å². The Morgan fingerprint density at radius 3 is 2.90 bits per heavy atom. The molecule has 1 heterocycles. The van der Waals surface area contributed by atoms with Gasteiger partial charge in [-0.25, -0.2) is 4.39 Å². The van der Waals surface area contributed by atoms with Gasteiger partial charge in [-0.2, -0.15) is 0 Å². The second-order valence-corrected chi connectivity index (χ2v) is 5.79. The Bertz CT molecular complexity index is 462. The van der Waals surface area contributed by atoms with Gasteiger partial charge in [0.1, 0.15) is 5.82 Å². The maximum absolute atomic E-state index is 13.5. The molecule has 0 radical (unpaired) electrons. The first-order chi connectivity index (χ1) is 9.58. The SMILES string of the molecule is CC(C)N1CCCC(CNC(=O)c2ccccc2F)C1. The molecule has 1 amide bonds. The van der Waals surface area contributed by atoms with Crippen LogP contribution in [-0.4, -0.2) is 36.5 Å². The van der Waals surface area contributed by atoms with Crippen molar-refractivity contribution in [1.82, 2.24) is 10.2 Å². The third-order valence-electron chi connectivity index (χ3n) is 3.95. The summed E-state index contributed by atoms with van der Waals surface area (Å²) in [6.45, 7) is 7.15. The fraction of sp³-hybridized carbons (Fsp3) is 0.562. The fourth-order valence-corrected chi connectivity index (χ4v) is 2.71. The second-order valence-electron chi connectivity index (χ2n) is 5.79. The number of carbonyl (C=O) groups excluding carboxylic acids is 1. The minimum atomic E-state index is -0.461. The molecule has 0 aromatic heterocycles. The fourth-order valence-electron chi connectivity index (χ4n) is 2.71. The molecule has 1 atom stereocenters. The zero-order valence-electron chi connectivity index (χ0n) is 12.2. The second kappa shape index (κ2) is 6.84. The van der Waals surface area contributed by atoms with Crippen LogP contribution in [0.5, 0.6) is 0 Å². The van der Waals surface area contributed by atoms with Crippen LogP contribution in [0.1, 0.15) is 37.0 Å². The van der Waals surface area contributed by atoms with Crippen molar-refractivity contribution in [2.24, 2.45) is 5.92 Å². The molecule has 0 aliphatic carbocycles. The molecule has 110 valence electrons. The highest BCUT2D eigenvalue weighted by molar-refractivity contribution is 5.94. The molecule has 1 N–H and O–H groups in total. The lowest BCUT2D eigenvalue weighted by molar-refractivity contribution is 0.0919. The molecule has 1 fully saturated rings. The van der Waals surface area contributed by atoms with E-state index in [1.54, 1.807) is 12.1 Å². The summed E-state index contributed by atoms with van der Waals surface area (Å²) in [5.41, 5.74) is 0.129. The summed E-state index contributed by atoms with van der Waals surface area (Å²) >= 11 is 0. The molecule has 3 nitrogen and oxygen atoms in total. The number of halogens is 1. The van der Waals surface area contributed by atoms with E-state index in [2.05, 4.69) is 24.1 Å². The van der Waals surface area contributed by atoms with E-state index >= 15 is 0 Å². The summed E-state index contributed by atoms with van der Waals surface area (Å²) in [5.74, 6) is -0.316. The van der Waals surface area contributed by atoms with E-state index in [1.807, 2.05) is 0 Å². The van der Waals surface area contributed by atoms with Crippen LogP contribution in [0.25, 0.3) is 0 Å². The molecular weight excluding hydrogens is 255 g/mol. The monoisotopic (exact) mass is 278 g/mol. The lowest BCUT2D eigenvalue weighted by atomic mass is 9.97. The number of rotatable bonds is 4. The first-order valence-corrected chi connectivity index (χ1v) is 7.34. The summed E-state index contributed by atoms with van der Waals surface area (Å²) in [4.78, 5) is 14.4. The third-order valence-corrected chi connectivity index (χ3v) is 3.95. The smallest absolute Gasteiger partial charge is 0.254 e. The molecule has 1 aromatic carbocycles. The minimum Gasteiger partial charge on any atom is -0.352 e. The number of carbonyl (C=O) groups is 1. The Balaban J connectivity index is 1.86. The summed E-state index contributed by atoms with van der Waals surface area (Å²) in [7, 11) is 0. The van der Waals surface area contributed by atoms with E-state index in [9.17, 15) is 9.18 Å². The number of benzene rings is 1. The highest BCUT2D eigenvalue weighted by atomic mass is 19.1. The quantitative estimate of drug-likeness (QED) is 0.918. The summed E-state index contributed by atoms with van der Waals surface area (Å²) < 4.78 is 13.5. The van der Waals surface area contributed by atoms with Crippen molar-refractivity contribution in [3.63, 3.8) is 0 Å².